The summed E-state index contributed by atoms with van der Waals surface area (Å²) in [6, 6.07) is 6.71. The molecule has 0 radical (unpaired) electrons. The molecule has 2 nitrogen and oxygen atoms in total. The third-order valence-electron chi connectivity index (χ3n) is 2.50. The Morgan fingerprint density at radius 3 is 2.37 bits per heavy atom. The van der Waals surface area contributed by atoms with Crippen LogP contribution in [-0.2, 0) is 16.6 Å². The van der Waals surface area contributed by atoms with E-state index in [1.165, 1.54) is 12.1 Å². The van der Waals surface area contributed by atoms with E-state index in [0.717, 1.165) is 18.2 Å². The van der Waals surface area contributed by atoms with Gasteiger partial charge in [-0.15, -0.1) is 0 Å². The van der Waals surface area contributed by atoms with Gasteiger partial charge < -0.3 is 5.73 Å². The van der Waals surface area contributed by atoms with Crippen LogP contribution >= 0.6 is 0 Å². The summed E-state index contributed by atoms with van der Waals surface area (Å²) in [5.74, 6) is -2.46. The maximum atomic E-state index is 13.5. The number of benzene rings is 2. The molecule has 0 spiro atoms. The smallest absolute Gasteiger partial charge is 0.142 e. The highest BCUT2D eigenvalue weighted by Crippen LogP contribution is 2.19. The van der Waals surface area contributed by atoms with Crippen LogP contribution in [-0.4, -0.2) is 4.21 Å². The van der Waals surface area contributed by atoms with Crippen molar-refractivity contribution in [2.45, 2.75) is 10.6 Å². The van der Waals surface area contributed by atoms with Gasteiger partial charge >= 0.3 is 0 Å². The van der Waals surface area contributed by atoms with Gasteiger partial charge in [-0.3, -0.25) is 4.21 Å². The number of anilines is 1. The number of rotatable bonds is 3. The van der Waals surface area contributed by atoms with E-state index in [4.69, 9.17) is 5.73 Å². The quantitative estimate of drug-likeness (QED) is 0.881. The molecule has 0 saturated carbocycles. The number of halogens is 3. The molecule has 100 valence electrons. The second-order valence-corrected chi connectivity index (χ2v) is 5.33. The van der Waals surface area contributed by atoms with E-state index < -0.39 is 28.3 Å². The average Bonchev–Trinajstić information content (AvgIpc) is 2.32. The van der Waals surface area contributed by atoms with Crippen LogP contribution in [0.2, 0.25) is 0 Å². The third kappa shape index (κ3) is 3.14. The lowest BCUT2D eigenvalue weighted by Gasteiger charge is -2.06. The van der Waals surface area contributed by atoms with Crippen molar-refractivity contribution in [1.29, 1.82) is 0 Å². The van der Waals surface area contributed by atoms with Gasteiger partial charge in [0.1, 0.15) is 17.5 Å². The minimum Gasteiger partial charge on any atom is -0.399 e. The lowest BCUT2D eigenvalue weighted by Crippen LogP contribution is -2.02. The number of nitrogens with two attached hydrogens (primary N) is 1. The zero-order valence-corrected chi connectivity index (χ0v) is 10.5. The molecule has 19 heavy (non-hydrogen) atoms. The first-order valence-electron chi connectivity index (χ1n) is 5.34. The molecular formula is C13H10F3NOS. The number of hydrogen-bond acceptors (Lipinski definition) is 2. The van der Waals surface area contributed by atoms with Crippen molar-refractivity contribution in [1.82, 2.24) is 0 Å². The summed E-state index contributed by atoms with van der Waals surface area (Å²) >= 11 is 0. The first kappa shape index (κ1) is 13.6. The molecule has 0 amide bonds. The largest absolute Gasteiger partial charge is 0.399 e. The first-order chi connectivity index (χ1) is 8.97. The zero-order chi connectivity index (χ0) is 14.0. The van der Waals surface area contributed by atoms with Crippen molar-refractivity contribution in [2.24, 2.45) is 0 Å². The summed E-state index contributed by atoms with van der Waals surface area (Å²) in [7, 11) is -1.79. The van der Waals surface area contributed by atoms with Gasteiger partial charge in [0.25, 0.3) is 0 Å². The predicted molar refractivity (Wildman–Crippen MR) is 67.3 cm³/mol. The first-order valence-corrected chi connectivity index (χ1v) is 6.66. The van der Waals surface area contributed by atoms with Gasteiger partial charge in [0.05, 0.1) is 21.4 Å². The number of hydrogen-bond donors (Lipinski definition) is 1. The molecule has 1 atom stereocenters. The Morgan fingerprint density at radius 1 is 1.00 bits per heavy atom. The van der Waals surface area contributed by atoms with Crippen LogP contribution in [0.15, 0.2) is 41.3 Å². The summed E-state index contributed by atoms with van der Waals surface area (Å²) in [4.78, 5) is -0.155. The van der Waals surface area contributed by atoms with Crippen LogP contribution in [0.4, 0.5) is 18.9 Å². The topological polar surface area (TPSA) is 43.1 Å². The fourth-order valence-corrected chi connectivity index (χ4v) is 2.73. The van der Waals surface area contributed by atoms with Crippen molar-refractivity contribution in [2.75, 3.05) is 5.73 Å². The van der Waals surface area contributed by atoms with E-state index in [2.05, 4.69) is 0 Å². The molecule has 2 aromatic carbocycles. The van der Waals surface area contributed by atoms with Crippen molar-refractivity contribution >= 4 is 16.5 Å². The van der Waals surface area contributed by atoms with E-state index in [0.29, 0.717) is 6.07 Å². The Balaban J connectivity index is 2.25. The zero-order valence-electron chi connectivity index (χ0n) is 9.70. The fourth-order valence-electron chi connectivity index (χ4n) is 1.56. The van der Waals surface area contributed by atoms with E-state index in [1.54, 1.807) is 0 Å². The summed E-state index contributed by atoms with van der Waals surface area (Å²) in [5, 5.41) is 0. The second-order valence-electron chi connectivity index (χ2n) is 3.92. The molecular weight excluding hydrogens is 275 g/mol. The Morgan fingerprint density at radius 2 is 1.74 bits per heavy atom. The van der Waals surface area contributed by atoms with Gasteiger partial charge in [0, 0.05) is 17.3 Å². The highest BCUT2D eigenvalue weighted by Gasteiger charge is 2.14. The molecule has 0 aliphatic rings. The van der Waals surface area contributed by atoms with Crippen molar-refractivity contribution in [3.05, 3.63) is 59.4 Å². The highest BCUT2D eigenvalue weighted by molar-refractivity contribution is 7.84. The minimum atomic E-state index is -1.79. The third-order valence-corrected chi connectivity index (χ3v) is 3.90. The Labute approximate surface area is 110 Å². The van der Waals surface area contributed by atoms with Crippen LogP contribution in [0.3, 0.4) is 0 Å². The van der Waals surface area contributed by atoms with Crippen molar-refractivity contribution in [3.63, 3.8) is 0 Å². The molecule has 0 aliphatic carbocycles. The van der Waals surface area contributed by atoms with Gasteiger partial charge in [0.2, 0.25) is 0 Å². The SMILES string of the molecule is Nc1ccc(CS(=O)c2ccc(F)cc2F)c(F)c1. The molecule has 0 heterocycles. The summed E-state index contributed by atoms with van der Waals surface area (Å²) in [6.45, 7) is 0. The van der Waals surface area contributed by atoms with E-state index in [9.17, 15) is 17.4 Å². The van der Waals surface area contributed by atoms with Crippen LogP contribution in [0.1, 0.15) is 5.56 Å². The van der Waals surface area contributed by atoms with Crippen LogP contribution in [0.25, 0.3) is 0 Å². The van der Waals surface area contributed by atoms with Crippen LogP contribution in [0.5, 0.6) is 0 Å². The molecule has 0 aliphatic heterocycles. The Bertz CT molecular complexity index is 646. The summed E-state index contributed by atoms with van der Waals surface area (Å²) < 4.78 is 51.6. The lowest BCUT2D eigenvalue weighted by atomic mass is 10.2. The minimum absolute atomic E-state index is 0.155. The van der Waals surface area contributed by atoms with Crippen LogP contribution in [0, 0.1) is 17.5 Å². The highest BCUT2D eigenvalue weighted by atomic mass is 32.2. The van der Waals surface area contributed by atoms with Gasteiger partial charge in [-0.1, -0.05) is 6.07 Å². The molecule has 1 unspecified atom stereocenters. The molecule has 2 N–H and O–H groups in total. The maximum Gasteiger partial charge on any atom is 0.142 e. The standard InChI is InChI=1S/C13H10F3NOS/c14-9-2-4-13(12(16)5-9)19(18)7-8-1-3-10(17)6-11(8)15/h1-6H,7,17H2. The molecule has 0 aromatic heterocycles. The van der Waals surface area contributed by atoms with Gasteiger partial charge in [-0.2, -0.15) is 0 Å². The monoisotopic (exact) mass is 285 g/mol. The van der Waals surface area contributed by atoms with Gasteiger partial charge in [0.15, 0.2) is 0 Å². The number of nitrogen functional groups attached to an aromatic ring is 1. The Kier molecular flexibility index (Phi) is 3.90. The molecule has 0 fully saturated rings. The van der Waals surface area contributed by atoms with Gasteiger partial charge in [-0.25, -0.2) is 13.2 Å². The van der Waals surface area contributed by atoms with Crippen molar-refractivity contribution in [3.8, 4) is 0 Å². The molecule has 0 saturated heterocycles. The predicted octanol–water partition coefficient (Wildman–Crippen LogP) is 2.99. The fraction of sp³-hybridized carbons (Fsp3) is 0.0769. The van der Waals surface area contributed by atoms with E-state index in [-0.39, 0.29) is 21.9 Å². The Hall–Kier alpha value is -1.82. The maximum absolute atomic E-state index is 13.5. The normalized spacial score (nSPS) is 12.4. The average molecular weight is 285 g/mol. The van der Waals surface area contributed by atoms with E-state index >= 15 is 0 Å². The second kappa shape index (κ2) is 5.44. The van der Waals surface area contributed by atoms with Crippen molar-refractivity contribution < 1.29 is 17.4 Å². The lowest BCUT2D eigenvalue weighted by molar-refractivity contribution is 0.562. The molecule has 2 aromatic rings. The molecule has 6 heteroatoms. The molecule has 2 rings (SSSR count). The van der Waals surface area contributed by atoms with Crippen LogP contribution < -0.4 is 5.73 Å². The van der Waals surface area contributed by atoms with E-state index in [1.807, 2.05) is 0 Å². The molecule has 0 bridgehead atoms. The summed E-state index contributed by atoms with van der Waals surface area (Å²) in [6.07, 6.45) is 0. The van der Waals surface area contributed by atoms with Gasteiger partial charge in [-0.05, 0) is 24.3 Å². The summed E-state index contributed by atoms with van der Waals surface area (Å²) in [5.41, 5.74) is 5.81.